The number of aliphatic imine (C=N–C) groups is 1. The monoisotopic (exact) mass is 216 g/mol. The van der Waals surface area contributed by atoms with Crippen LogP contribution in [0.2, 0.25) is 0 Å². The van der Waals surface area contributed by atoms with Gasteiger partial charge in [-0.3, -0.25) is 4.99 Å². The van der Waals surface area contributed by atoms with Gasteiger partial charge >= 0.3 is 0 Å². The predicted molar refractivity (Wildman–Crippen MR) is 62.9 cm³/mol. The molecule has 4 atom stereocenters. The van der Waals surface area contributed by atoms with Gasteiger partial charge in [0.05, 0.1) is 11.9 Å². The molecule has 0 aromatic rings. The summed E-state index contributed by atoms with van der Waals surface area (Å²) in [4.78, 5) is 4.54. The molecule has 0 aromatic heterocycles. The van der Waals surface area contributed by atoms with Crippen molar-refractivity contribution in [3.63, 3.8) is 0 Å². The van der Waals surface area contributed by atoms with Crippen LogP contribution in [0.15, 0.2) is 4.99 Å². The summed E-state index contributed by atoms with van der Waals surface area (Å²) in [6, 6.07) is 0.607. The molecule has 1 heterocycles. The van der Waals surface area contributed by atoms with Crippen LogP contribution in [0.25, 0.3) is 0 Å². The minimum Gasteiger partial charge on any atom is -0.387 e. The third-order valence-electron chi connectivity index (χ3n) is 3.58. The SMILES string of the molecule is CCCCC1[C@H]2C(C)CC(N)=N[C@H]12.Cl. The standard InChI is InChI=1S/C11H20N2.ClH/c1-3-4-5-8-10-7(2)6-9(12)13-11(8)10;/h7-8,10-11H,3-6H2,1-2H3,(H2,12,13);1H/t7?,8?,10-,11-;/m1./s1. The summed E-state index contributed by atoms with van der Waals surface area (Å²) >= 11 is 0. The van der Waals surface area contributed by atoms with Crippen LogP contribution in [-0.4, -0.2) is 11.9 Å². The second-order valence-electron chi connectivity index (χ2n) is 4.68. The number of hydrogen-bond acceptors (Lipinski definition) is 2. The summed E-state index contributed by atoms with van der Waals surface area (Å²) in [5.74, 6) is 3.42. The summed E-state index contributed by atoms with van der Waals surface area (Å²) in [5, 5.41) is 0. The molecule has 0 aromatic carbocycles. The minimum absolute atomic E-state index is 0. The van der Waals surface area contributed by atoms with Crippen molar-refractivity contribution in [1.82, 2.24) is 0 Å². The molecule has 2 rings (SSSR count). The number of rotatable bonds is 3. The molecule has 1 aliphatic heterocycles. The van der Waals surface area contributed by atoms with E-state index in [0.717, 1.165) is 30.0 Å². The number of unbranched alkanes of at least 4 members (excludes halogenated alkanes) is 1. The Morgan fingerprint density at radius 3 is 2.86 bits per heavy atom. The quantitative estimate of drug-likeness (QED) is 0.774. The lowest BCUT2D eigenvalue weighted by Crippen LogP contribution is -2.22. The fraction of sp³-hybridized carbons (Fsp3) is 0.909. The van der Waals surface area contributed by atoms with E-state index in [1.807, 2.05) is 0 Å². The van der Waals surface area contributed by atoms with Crippen molar-refractivity contribution in [3.8, 4) is 0 Å². The number of nitrogens with two attached hydrogens (primary N) is 1. The van der Waals surface area contributed by atoms with Gasteiger partial charge in [-0.25, -0.2) is 0 Å². The highest BCUT2D eigenvalue weighted by molar-refractivity contribution is 5.85. The Hall–Kier alpha value is -0.240. The molecule has 1 aliphatic carbocycles. The molecule has 0 saturated heterocycles. The van der Waals surface area contributed by atoms with Crippen LogP contribution in [0.5, 0.6) is 0 Å². The van der Waals surface area contributed by atoms with E-state index in [9.17, 15) is 0 Å². The molecule has 1 fully saturated rings. The van der Waals surface area contributed by atoms with Crippen molar-refractivity contribution in [3.05, 3.63) is 0 Å². The molecule has 0 spiro atoms. The lowest BCUT2D eigenvalue weighted by atomic mass is 9.97. The third kappa shape index (κ3) is 2.05. The Bertz CT molecular complexity index is 227. The van der Waals surface area contributed by atoms with Gasteiger partial charge in [-0.2, -0.15) is 0 Å². The molecule has 2 unspecified atom stereocenters. The molecule has 1 saturated carbocycles. The average molecular weight is 217 g/mol. The van der Waals surface area contributed by atoms with Gasteiger partial charge in [0.15, 0.2) is 0 Å². The first-order chi connectivity index (χ1) is 6.24. The Morgan fingerprint density at radius 1 is 1.50 bits per heavy atom. The van der Waals surface area contributed by atoms with Gasteiger partial charge < -0.3 is 5.73 Å². The van der Waals surface area contributed by atoms with Crippen molar-refractivity contribution < 1.29 is 0 Å². The molecule has 2 nitrogen and oxygen atoms in total. The molecule has 14 heavy (non-hydrogen) atoms. The number of halogens is 1. The summed E-state index contributed by atoms with van der Waals surface area (Å²) in [6.07, 6.45) is 5.07. The highest BCUT2D eigenvalue weighted by Gasteiger charge is 2.54. The van der Waals surface area contributed by atoms with E-state index in [4.69, 9.17) is 5.73 Å². The van der Waals surface area contributed by atoms with E-state index in [1.54, 1.807) is 0 Å². The van der Waals surface area contributed by atoms with E-state index < -0.39 is 0 Å². The van der Waals surface area contributed by atoms with Crippen LogP contribution in [0.4, 0.5) is 0 Å². The van der Waals surface area contributed by atoms with Crippen molar-refractivity contribution in [1.29, 1.82) is 0 Å². The van der Waals surface area contributed by atoms with Crippen LogP contribution in [-0.2, 0) is 0 Å². The van der Waals surface area contributed by atoms with Gasteiger partial charge in [-0.05, 0) is 24.2 Å². The number of amidine groups is 1. The zero-order valence-electron chi connectivity index (χ0n) is 9.07. The lowest BCUT2D eigenvalue weighted by molar-refractivity contribution is 0.462. The summed E-state index contributed by atoms with van der Waals surface area (Å²) < 4.78 is 0. The Balaban J connectivity index is 0.000000980. The van der Waals surface area contributed by atoms with E-state index in [-0.39, 0.29) is 12.4 Å². The molecule has 82 valence electrons. The van der Waals surface area contributed by atoms with Gasteiger partial charge in [-0.1, -0.05) is 26.7 Å². The fourth-order valence-electron chi connectivity index (χ4n) is 2.84. The van der Waals surface area contributed by atoms with E-state index in [1.165, 1.54) is 19.3 Å². The molecule has 3 heteroatoms. The van der Waals surface area contributed by atoms with Crippen LogP contribution < -0.4 is 5.73 Å². The smallest absolute Gasteiger partial charge is 0.0943 e. The van der Waals surface area contributed by atoms with Gasteiger partial charge in [0, 0.05) is 6.42 Å². The third-order valence-corrected chi connectivity index (χ3v) is 3.58. The van der Waals surface area contributed by atoms with Crippen LogP contribution >= 0.6 is 12.4 Å². The Labute approximate surface area is 92.8 Å². The minimum atomic E-state index is 0. The number of fused-ring (bicyclic) bond motifs is 1. The lowest BCUT2D eigenvalue weighted by Gasteiger charge is -2.13. The topological polar surface area (TPSA) is 38.4 Å². The van der Waals surface area contributed by atoms with Crippen LogP contribution in [0, 0.1) is 17.8 Å². The van der Waals surface area contributed by atoms with E-state index >= 15 is 0 Å². The van der Waals surface area contributed by atoms with Gasteiger partial charge in [0.1, 0.15) is 0 Å². The highest BCUT2D eigenvalue weighted by Crippen LogP contribution is 2.52. The maximum absolute atomic E-state index is 5.78. The van der Waals surface area contributed by atoms with Gasteiger partial charge in [0.25, 0.3) is 0 Å². The second-order valence-corrected chi connectivity index (χ2v) is 4.68. The Kier molecular flexibility index (Phi) is 3.82. The van der Waals surface area contributed by atoms with Crippen LogP contribution in [0.1, 0.15) is 39.5 Å². The van der Waals surface area contributed by atoms with Crippen molar-refractivity contribution in [2.24, 2.45) is 28.5 Å². The molecule has 0 bridgehead atoms. The highest BCUT2D eigenvalue weighted by atomic mass is 35.5. The summed E-state index contributed by atoms with van der Waals surface area (Å²) in [5.41, 5.74) is 5.78. The average Bonchev–Trinajstić information content (AvgIpc) is 2.74. The molecular weight excluding hydrogens is 196 g/mol. The maximum Gasteiger partial charge on any atom is 0.0943 e. The number of nitrogens with zero attached hydrogens (tertiary/aromatic N) is 1. The largest absolute Gasteiger partial charge is 0.387 e. The van der Waals surface area contributed by atoms with Crippen molar-refractivity contribution >= 4 is 18.2 Å². The second kappa shape index (κ2) is 4.52. The number of hydrogen-bond donors (Lipinski definition) is 1. The fourth-order valence-corrected chi connectivity index (χ4v) is 2.84. The van der Waals surface area contributed by atoms with Crippen molar-refractivity contribution in [2.45, 2.75) is 45.6 Å². The van der Waals surface area contributed by atoms with E-state index in [2.05, 4.69) is 18.8 Å². The normalized spacial score (nSPS) is 39.4. The van der Waals surface area contributed by atoms with Crippen molar-refractivity contribution in [2.75, 3.05) is 0 Å². The zero-order chi connectivity index (χ0) is 9.42. The summed E-state index contributed by atoms with van der Waals surface area (Å²) in [6.45, 7) is 4.58. The van der Waals surface area contributed by atoms with E-state index in [0.29, 0.717) is 6.04 Å². The molecule has 2 N–H and O–H groups in total. The predicted octanol–water partition coefficient (Wildman–Crippen LogP) is 2.61. The first kappa shape index (κ1) is 11.8. The molecule has 0 radical (unpaired) electrons. The molecule has 2 aliphatic rings. The molecule has 0 amide bonds. The Morgan fingerprint density at radius 2 is 2.21 bits per heavy atom. The maximum atomic E-state index is 5.78. The van der Waals surface area contributed by atoms with Crippen LogP contribution in [0.3, 0.4) is 0 Å². The van der Waals surface area contributed by atoms with Gasteiger partial charge in [0.2, 0.25) is 0 Å². The first-order valence-corrected chi connectivity index (χ1v) is 5.56. The first-order valence-electron chi connectivity index (χ1n) is 5.56. The van der Waals surface area contributed by atoms with Gasteiger partial charge in [-0.15, -0.1) is 12.4 Å². The molecular formula is C11H21ClN2. The summed E-state index contributed by atoms with van der Waals surface area (Å²) in [7, 11) is 0. The zero-order valence-corrected chi connectivity index (χ0v) is 9.89.